The van der Waals surface area contributed by atoms with E-state index in [1.54, 1.807) is 0 Å². The van der Waals surface area contributed by atoms with Gasteiger partial charge in [0, 0.05) is 36.7 Å². The number of likely N-dealkylation sites (N-methyl/N-ethyl adjacent to an activating group) is 1. The predicted octanol–water partition coefficient (Wildman–Crippen LogP) is 2.75. The molecule has 20 heavy (non-hydrogen) atoms. The van der Waals surface area contributed by atoms with Gasteiger partial charge in [0.2, 0.25) is 0 Å². The summed E-state index contributed by atoms with van der Waals surface area (Å²) >= 11 is 6.16. The van der Waals surface area contributed by atoms with Crippen molar-refractivity contribution in [3.63, 3.8) is 0 Å². The lowest BCUT2D eigenvalue weighted by atomic mass is 9.95. The molecule has 112 valence electrons. The van der Waals surface area contributed by atoms with Gasteiger partial charge in [0.05, 0.1) is 6.04 Å². The number of hydrogen-bond acceptors (Lipinski definition) is 3. The third-order valence-electron chi connectivity index (χ3n) is 4.45. The van der Waals surface area contributed by atoms with E-state index < -0.39 is 0 Å². The summed E-state index contributed by atoms with van der Waals surface area (Å²) < 4.78 is 0. The van der Waals surface area contributed by atoms with Crippen molar-refractivity contribution in [2.75, 3.05) is 26.7 Å². The number of piperazine rings is 1. The maximum absolute atomic E-state index is 6.41. The number of nitrogens with zero attached hydrogens (tertiary/aromatic N) is 2. The van der Waals surface area contributed by atoms with E-state index in [2.05, 4.69) is 42.8 Å². The van der Waals surface area contributed by atoms with Crippen LogP contribution in [-0.2, 0) is 0 Å². The van der Waals surface area contributed by atoms with Crippen molar-refractivity contribution in [2.45, 2.75) is 38.4 Å². The van der Waals surface area contributed by atoms with Gasteiger partial charge in [-0.15, -0.1) is 0 Å². The van der Waals surface area contributed by atoms with Crippen LogP contribution in [0.15, 0.2) is 24.3 Å². The monoisotopic (exact) mass is 295 g/mol. The maximum atomic E-state index is 6.41. The fourth-order valence-electron chi connectivity index (χ4n) is 2.97. The molecule has 1 aliphatic heterocycles. The van der Waals surface area contributed by atoms with Gasteiger partial charge in [0.15, 0.2) is 0 Å². The van der Waals surface area contributed by atoms with Crippen molar-refractivity contribution in [2.24, 2.45) is 5.73 Å². The molecule has 1 aliphatic rings. The molecule has 0 aromatic heterocycles. The summed E-state index contributed by atoms with van der Waals surface area (Å²) in [6.45, 7) is 7.64. The van der Waals surface area contributed by atoms with Crippen molar-refractivity contribution < 1.29 is 0 Å². The van der Waals surface area contributed by atoms with Gasteiger partial charge in [-0.3, -0.25) is 4.90 Å². The third-order valence-corrected chi connectivity index (χ3v) is 4.69. The first-order chi connectivity index (χ1) is 9.52. The molecule has 0 spiro atoms. The van der Waals surface area contributed by atoms with E-state index in [-0.39, 0.29) is 12.1 Å². The highest BCUT2D eigenvalue weighted by Gasteiger charge is 2.30. The lowest BCUT2D eigenvalue weighted by Gasteiger charge is -2.43. The highest BCUT2D eigenvalue weighted by molar-refractivity contribution is 6.30. The molecule has 2 rings (SSSR count). The van der Waals surface area contributed by atoms with Crippen LogP contribution in [0.25, 0.3) is 0 Å². The van der Waals surface area contributed by atoms with Crippen LogP contribution >= 0.6 is 11.6 Å². The molecule has 4 heteroatoms. The fraction of sp³-hybridized carbons (Fsp3) is 0.625. The smallest absolute Gasteiger partial charge is 0.0500 e. The Morgan fingerprint density at radius 2 is 2.15 bits per heavy atom. The SMILES string of the molecule is CCC(N)C(c1cccc(Cl)c1)N1CCN(C)C(C)C1. The molecule has 1 fully saturated rings. The summed E-state index contributed by atoms with van der Waals surface area (Å²) in [4.78, 5) is 4.92. The van der Waals surface area contributed by atoms with Crippen molar-refractivity contribution in [1.82, 2.24) is 9.80 Å². The molecule has 0 amide bonds. The van der Waals surface area contributed by atoms with Gasteiger partial charge in [-0.1, -0.05) is 30.7 Å². The minimum Gasteiger partial charge on any atom is -0.326 e. The zero-order valence-corrected chi connectivity index (χ0v) is 13.5. The van der Waals surface area contributed by atoms with Gasteiger partial charge in [-0.05, 0) is 38.1 Å². The molecule has 3 atom stereocenters. The Hall–Kier alpha value is -0.610. The van der Waals surface area contributed by atoms with Gasteiger partial charge in [0.25, 0.3) is 0 Å². The number of halogens is 1. The Kier molecular flexibility index (Phi) is 5.44. The van der Waals surface area contributed by atoms with Crippen LogP contribution in [0.1, 0.15) is 31.9 Å². The zero-order chi connectivity index (χ0) is 14.7. The minimum absolute atomic E-state index is 0.143. The van der Waals surface area contributed by atoms with E-state index in [9.17, 15) is 0 Å². The van der Waals surface area contributed by atoms with Crippen LogP contribution in [0.3, 0.4) is 0 Å². The van der Waals surface area contributed by atoms with Crippen molar-refractivity contribution in [3.05, 3.63) is 34.9 Å². The third kappa shape index (κ3) is 3.53. The standard InChI is InChI=1S/C16H26ClN3/c1-4-15(18)16(13-6-5-7-14(17)10-13)20-9-8-19(3)12(2)11-20/h5-7,10,12,15-16H,4,8-9,11,18H2,1-3H3. The van der Waals surface area contributed by atoms with Gasteiger partial charge < -0.3 is 10.6 Å². The van der Waals surface area contributed by atoms with Crippen LogP contribution < -0.4 is 5.73 Å². The maximum Gasteiger partial charge on any atom is 0.0500 e. The average molecular weight is 296 g/mol. The first kappa shape index (κ1) is 15.8. The van der Waals surface area contributed by atoms with Crippen LogP contribution in [0.4, 0.5) is 0 Å². The molecule has 1 aromatic rings. The quantitative estimate of drug-likeness (QED) is 0.927. The van der Waals surface area contributed by atoms with E-state index in [1.165, 1.54) is 5.56 Å². The number of hydrogen-bond donors (Lipinski definition) is 1. The van der Waals surface area contributed by atoms with E-state index in [1.807, 2.05) is 12.1 Å². The van der Waals surface area contributed by atoms with Crippen LogP contribution in [0, 0.1) is 0 Å². The van der Waals surface area contributed by atoms with Gasteiger partial charge in [-0.2, -0.15) is 0 Å². The molecule has 0 saturated carbocycles. The van der Waals surface area contributed by atoms with Crippen molar-refractivity contribution in [1.29, 1.82) is 0 Å². The fourth-order valence-corrected chi connectivity index (χ4v) is 3.17. The molecular weight excluding hydrogens is 270 g/mol. The average Bonchev–Trinajstić information content (AvgIpc) is 2.43. The summed E-state index contributed by atoms with van der Waals surface area (Å²) in [6.07, 6.45) is 0.970. The molecular formula is C16H26ClN3. The second kappa shape index (κ2) is 6.90. The first-order valence-corrected chi connectivity index (χ1v) is 7.86. The predicted molar refractivity (Wildman–Crippen MR) is 86.1 cm³/mol. The molecule has 1 saturated heterocycles. The summed E-state index contributed by atoms with van der Waals surface area (Å²) in [7, 11) is 2.19. The second-order valence-corrected chi connectivity index (χ2v) is 6.33. The lowest BCUT2D eigenvalue weighted by Crippen LogP contribution is -2.54. The normalized spacial score (nSPS) is 24.6. The molecule has 3 nitrogen and oxygen atoms in total. The molecule has 0 aliphatic carbocycles. The summed E-state index contributed by atoms with van der Waals surface area (Å²) in [5.74, 6) is 0. The second-order valence-electron chi connectivity index (χ2n) is 5.90. The molecule has 1 aromatic carbocycles. The topological polar surface area (TPSA) is 32.5 Å². The number of rotatable bonds is 4. The molecule has 1 heterocycles. The summed E-state index contributed by atoms with van der Waals surface area (Å²) in [5.41, 5.74) is 7.65. The van der Waals surface area contributed by atoms with Crippen LogP contribution in [0.2, 0.25) is 5.02 Å². The Bertz CT molecular complexity index is 437. The van der Waals surface area contributed by atoms with Gasteiger partial charge in [0.1, 0.15) is 0 Å². The van der Waals surface area contributed by atoms with Crippen LogP contribution in [0.5, 0.6) is 0 Å². The Balaban J connectivity index is 2.24. The molecule has 0 bridgehead atoms. The highest BCUT2D eigenvalue weighted by atomic mass is 35.5. The number of benzene rings is 1. The van der Waals surface area contributed by atoms with E-state index in [4.69, 9.17) is 17.3 Å². The van der Waals surface area contributed by atoms with Gasteiger partial charge in [-0.25, -0.2) is 0 Å². The molecule has 0 radical (unpaired) electrons. The van der Waals surface area contributed by atoms with Crippen LogP contribution in [-0.4, -0.2) is 48.6 Å². The Labute approximate surface area is 127 Å². The molecule has 3 unspecified atom stereocenters. The summed E-state index contributed by atoms with van der Waals surface area (Å²) in [6, 6.07) is 9.12. The Morgan fingerprint density at radius 1 is 1.40 bits per heavy atom. The first-order valence-electron chi connectivity index (χ1n) is 7.48. The minimum atomic E-state index is 0.143. The van der Waals surface area contributed by atoms with Crippen molar-refractivity contribution in [3.8, 4) is 0 Å². The van der Waals surface area contributed by atoms with E-state index in [0.717, 1.165) is 31.1 Å². The van der Waals surface area contributed by atoms with E-state index >= 15 is 0 Å². The lowest BCUT2D eigenvalue weighted by molar-refractivity contribution is 0.0612. The largest absolute Gasteiger partial charge is 0.326 e. The Morgan fingerprint density at radius 3 is 2.75 bits per heavy atom. The molecule has 2 N–H and O–H groups in total. The zero-order valence-electron chi connectivity index (χ0n) is 12.7. The van der Waals surface area contributed by atoms with E-state index in [0.29, 0.717) is 6.04 Å². The van der Waals surface area contributed by atoms with Crippen molar-refractivity contribution >= 4 is 11.6 Å². The summed E-state index contributed by atoms with van der Waals surface area (Å²) in [5, 5.41) is 0.790. The van der Waals surface area contributed by atoms with Gasteiger partial charge >= 0.3 is 0 Å². The number of nitrogens with two attached hydrogens (primary N) is 1. The highest BCUT2D eigenvalue weighted by Crippen LogP contribution is 2.28.